The number of hydrogen-bond acceptors (Lipinski definition) is 6. The Bertz CT molecular complexity index is 1220. The molecule has 31 heavy (non-hydrogen) atoms. The van der Waals surface area contributed by atoms with E-state index < -0.39 is 17.6 Å². The number of carbonyl (C=O) groups excluding carboxylic acids is 1. The van der Waals surface area contributed by atoms with E-state index in [1.165, 1.54) is 6.07 Å². The average molecular weight is 447 g/mol. The Kier molecular flexibility index (Phi) is 5.68. The average Bonchev–Trinajstić information content (AvgIpc) is 3.29. The molecule has 4 aromatic rings. The van der Waals surface area contributed by atoms with Crippen LogP contribution in [0.25, 0.3) is 11.0 Å². The number of nitrogens with one attached hydrogen (secondary N) is 1. The highest BCUT2D eigenvalue weighted by atomic mass is 32.2. The van der Waals surface area contributed by atoms with Gasteiger partial charge in [-0.05, 0) is 30.7 Å². The van der Waals surface area contributed by atoms with Crippen molar-refractivity contribution in [1.29, 1.82) is 0 Å². The summed E-state index contributed by atoms with van der Waals surface area (Å²) in [6.07, 6.45) is -4.47. The molecule has 11 heteroatoms. The van der Waals surface area contributed by atoms with Gasteiger partial charge in [0.1, 0.15) is 0 Å². The predicted molar refractivity (Wildman–Crippen MR) is 109 cm³/mol. The number of amides is 1. The summed E-state index contributed by atoms with van der Waals surface area (Å²) in [6, 6.07) is 12.9. The first-order chi connectivity index (χ1) is 14.8. The molecule has 1 N–H and O–H groups in total. The third-order valence-electron chi connectivity index (χ3n) is 4.33. The van der Waals surface area contributed by atoms with Crippen LogP contribution < -0.4 is 5.32 Å². The van der Waals surface area contributed by atoms with Crippen molar-refractivity contribution in [2.24, 2.45) is 0 Å². The van der Waals surface area contributed by atoms with Gasteiger partial charge in [0.15, 0.2) is 11.0 Å². The van der Waals surface area contributed by atoms with Gasteiger partial charge in [-0.25, -0.2) is 4.98 Å². The lowest BCUT2D eigenvalue weighted by Gasteiger charge is -2.10. The fraction of sp³-hybridized carbons (Fsp3) is 0.200. The summed E-state index contributed by atoms with van der Waals surface area (Å²) in [5.74, 6) is -0.0536. The standard InChI is InChI=1S/C20H16F3N5O2S/c1-12-24-18(30-27-12)26-17(29)11-31-19-25-15-9-14(20(21,22)23)7-8-16(15)28(19)10-13-5-3-2-4-6-13/h2-9H,10-11H2,1H3,(H,24,26,27,29). The Morgan fingerprint density at radius 2 is 1.94 bits per heavy atom. The minimum atomic E-state index is -4.47. The Labute approximate surface area is 178 Å². The molecule has 4 rings (SSSR count). The minimum absolute atomic E-state index is 0.0179. The van der Waals surface area contributed by atoms with Crippen LogP contribution in [-0.4, -0.2) is 31.4 Å². The SMILES string of the molecule is Cc1noc(NC(=O)CSc2nc3cc(C(F)(F)F)ccc3n2Cc2ccccc2)n1. The van der Waals surface area contributed by atoms with Gasteiger partial charge >= 0.3 is 12.2 Å². The Balaban J connectivity index is 1.61. The Morgan fingerprint density at radius 3 is 2.61 bits per heavy atom. The van der Waals surface area contributed by atoms with Crippen molar-refractivity contribution in [3.8, 4) is 0 Å². The van der Waals surface area contributed by atoms with Gasteiger partial charge in [0, 0.05) is 0 Å². The van der Waals surface area contributed by atoms with E-state index in [1.54, 1.807) is 11.5 Å². The number of anilines is 1. The summed E-state index contributed by atoms with van der Waals surface area (Å²) in [5, 5.41) is 6.49. The fourth-order valence-corrected chi connectivity index (χ4v) is 3.76. The van der Waals surface area contributed by atoms with E-state index in [4.69, 9.17) is 4.52 Å². The quantitative estimate of drug-likeness (QED) is 0.437. The second-order valence-corrected chi connectivity index (χ2v) is 7.59. The molecule has 2 aromatic carbocycles. The topological polar surface area (TPSA) is 85.8 Å². The number of thioether (sulfide) groups is 1. The lowest BCUT2D eigenvalue weighted by atomic mass is 10.2. The molecule has 2 heterocycles. The number of halogens is 3. The fourth-order valence-electron chi connectivity index (χ4n) is 2.95. The lowest BCUT2D eigenvalue weighted by Crippen LogP contribution is -2.15. The Hall–Kier alpha value is -3.34. The number of hydrogen-bond donors (Lipinski definition) is 1. The number of alkyl halides is 3. The monoisotopic (exact) mass is 447 g/mol. The molecule has 0 saturated heterocycles. The molecule has 0 spiro atoms. The van der Waals surface area contributed by atoms with E-state index in [1.807, 2.05) is 30.3 Å². The molecule has 0 atom stereocenters. The first kappa shape index (κ1) is 20.9. The molecule has 0 aliphatic heterocycles. The van der Waals surface area contributed by atoms with E-state index in [-0.39, 0.29) is 17.3 Å². The number of fused-ring (bicyclic) bond motifs is 1. The predicted octanol–water partition coefficient (Wildman–Crippen LogP) is 4.53. The van der Waals surface area contributed by atoms with Gasteiger partial charge in [0.25, 0.3) is 0 Å². The minimum Gasteiger partial charge on any atom is -0.315 e. The van der Waals surface area contributed by atoms with Gasteiger partial charge in [0.05, 0.1) is 28.9 Å². The molecule has 160 valence electrons. The number of nitrogens with zero attached hydrogens (tertiary/aromatic N) is 4. The van der Waals surface area contributed by atoms with Crippen molar-refractivity contribution in [2.75, 3.05) is 11.1 Å². The number of rotatable bonds is 6. The molecular formula is C20H16F3N5O2S. The summed E-state index contributed by atoms with van der Waals surface area (Å²) in [7, 11) is 0. The first-order valence-electron chi connectivity index (χ1n) is 9.14. The van der Waals surface area contributed by atoms with E-state index in [2.05, 4.69) is 20.4 Å². The molecule has 1 amide bonds. The van der Waals surface area contributed by atoms with E-state index >= 15 is 0 Å². The highest BCUT2D eigenvalue weighted by Gasteiger charge is 2.31. The van der Waals surface area contributed by atoms with Gasteiger partial charge < -0.3 is 9.09 Å². The first-order valence-corrected chi connectivity index (χ1v) is 10.1. The highest BCUT2D eigenvalue weighted by molar-refractivity contribution is 7.99. The molecule has 0 bridgehead atoms. The molecule has 0 unspecified atom stereocenters. The van der Waals surface area contributed by atoms with Crippen LogP contribution in [0.15, 0.2) is 58.2 Å². The summed E-state index contributed by atoms with van der Waals surface area (Å²) in [5.41, 5.74) is 0.938. The second-order valence-electron chi connectivity index (χ2n) is 6.65. The number of aryl methyl sites for hydroxylation is 1. The van der Waals surface area contributed by atoms with Gasteiger partial charge in [-0.3, -0.25) is 10.1 Å². The van der Waals surface area contributed by atoms with Crippen molar-refractivity contribution >= 4 is 34.7 Å². The third kappa shape index (κ3) is 4.88. The van der Waals surface area contributed by atoms with Crippen molar-refractivity contribution in [3.63, 3.8) is 0 Å². The van der Waals surface area contributed by atoms with Crippen LogP contribution in [0.5, 0.6) is 0 Å². The maximum Gasteiger partial charge on any atom is 0.416 e. The van der Waals surface area contributed by atoms with Crippen molar-refractivity contribution in [2.45, 2.75) is 24.8 Å². The van der Waals surface area contributed by atoms with Crippen molar-refractivity contribution in [1.82, 2.24) is 19.7 Å². The lowest BCUT2D eigenvalue weighted by molar-refractivity contribution is -0.137. The Morgan fingerprint density at radius 1 is 1.16 bits per heavy atom. The molecule has 0 saturated carbocycles. The summed E-state index contributed by atoms with van der Waals surface area (Å²) >= 11 is 1.11. The molecule has 0 fully saturated rings. The molecule has 2 aromatic heterocycles. The van der Waals surface area contributed by atoms with Gasteiger partial charge in [-0.2, -0.15) is 18.2 Å². The molecule has 0 radical (unpaired) electrons. The third-order valence-corrected chi connectivity index (χ3v) is 5.31. The zero-order valence-corrected chi connectivity index (χ0v) is 17.0. The summed E-state index contributed by atoms with van der Waals surface area (Å²) < 4.78 is 46.0. The number of aromatic nitrogens is 4. The van der Waals surface area contributed by atoms with Crippen LogP contribution in [0.2, 0.25) is 0 Å². The molecule has 0 aliphatic rings. The number of benzene rings is 2. The number of carbonyl (C=O) groups is 1. The van der Waals surface area contributed by atoms with Gasteiger partial charge in [-0.1, -0.05) is 47.3 Å². The highest BCUT2D eigenvalue weighted by Crippen LogP contribution is 2.33. The van der Waals surface area contributed by atoms with Crippen LogP contribution >= 0.6 is 11.8 Å². The van der Waals surface area contributed by atoms with Crippen molar-refractivity contribution in [3.05, 3.63) is 65.5 Å². The van der Waals surface area contributed by atoms with Crippen LogP contribution in [0.3, 0.4) is 0 Å². The molecular weight excluding hydrogens is 431 g/mol. The maximum atomic E-state index is 13.1. The van der Waals surface area contributed by atoms with Gasteiger partial charge in [0.2, 0.25) is 5.91 Å². The summed E-state index contributed by atoms with van der Waals surface area (Å²) in [4.78, 5) is 20.5. The zero-order valence-electron chi connectivity index (χ0n) is 16.2. The molecule has 0 aliphatic carbocycles. The van der Waals surface area contributed by atoms with Crippen molar-refractivity contribution < 1.29 is 22.5 Å². The smallest absolute Gasteiger partial charge is 0.315 e. The van der Waals surface area contributed by atoms with E-state index in [9.17, 15) is 18.0 Å². The normalized spacial score (nSPS) is 11.7. The zero-order chi connectivity index (χ0) is 22.0. The van der Waals surface area contributed by atoms with Crippen LogP contribution in [0.4, 0.5) is 19.2 Å². The van der Waals surface area contributed by atoms with Crippen LogP contribution in [0.1, 0.15) is 17.0 Å². The molecule has 7 nitrogen and oxygen atoms in total. The maximum absolute atomic E-state index is 13.1. The van der Waals surface area contributed by atoms with E-state index in [0.717, 1.165) is 29.5 Å². The van der Waals surface area contributed by atoms with E-state index in [0.29, 0.717) is 23.0 Å². The second kappa shape index (κ2) is 8.42. The number of imidazole rings is 1. The van der Waals surface area contributed by atoms with Crippen LogP contribution in [0, 0.1) is 6.92 Å². The summed E-state index contributed by atoms with van der Waals surface area (Å²) in [6.45, 7) is 2.02. The van der Waals surface area contributed by atoms with Gasteiger partial charge in [-0.15, -0.1) is 0 Å². The van der Waals surface area contributed by atoms with Crippen LogP contribution in [-0.2, 0) is 17.5 Å². The largest absolute Gasteiger partial charge is 0.416 e.